The fourth-order valence-electron chi connectivity index (χ4n) is 3.78. The van der Waals surface area contributed by atoms with Crippen LogP contribution in [-0.2, 0) is 5.41 Å². The van der Waals surface area contributed by atoms with Crippen LogP contribution in [0.3, 0.4) is 0 Å². The SMILES string of the molecule is CC1(C)CC(C)(C)c2cc(NC(=O)c3ccc(C(=O)O)c(F)c3)cc(Br)c2O1. The average Bonchev–Trinajstić information content (AvgIpc) is 2.54. The first kappa shape index (κ1) is 20.3. The maximum Gasteiger partial charge on any atom is 0.338 e. The molecule has 1 heterocycles. The van der Waals surface area contributed by atoms with Gasteiger partial charge in [-0.25, -0.2) is 9.18 Å². The van der Waals surface area contributed by atoms with E-state index < -0.39 is 23.3 Å². The number of hydrogen-bond donors (Lipinski definition) is 2. The fraction of sp³-hybridized carbons (Fsp3) is 0.333. The number of hydrogen-bond acceptors (Lipinski definition) is 3. The van der Waals surface area contributed by atoms with Crippen molar-refractivity contribution in [2.45, 2.75) is 45.1 Å². The average molecular weight is 450 g/mol. The molecule has 0 radical (unpaired) electrons. The number of ether oxygens (including phenoxy) is 1. The van der Waals surface area contributed by atoms with E-state index in [0.29, 0.717) is 10.2 Å². The number of fused-ring (bicyclic) bond motifs is 1. The molecule has 5 nitrogen and oxygen atoms in total. The van der Waals surface area contributed by atoms with Crippen molar-refractivity contribution in [3.63, 3.8) is 0 Å². The molecule has 7 heteroatoms. The van der Waals surface area contributed by atoms with Gasteiger partial charge in [0.05, 0.1) is 10.0 Å². The van der Waals surface area contributed by atoms with Crippen LogP contribution < -0.4 is 10.1 Å². The standard InChI is InChI=1S/C21H21BrFNO4/c1-20(2)10-21(3,4)28-17-14(20)8-12(9-15(17)22)24-18(25)11-5-6-13(19(26)27)16(23)7-11/h5-9H,10H2,1-4H3,(H,24,25)(H,26,27). The molecule has 0 aliphatic carbocycles. The minimum Gasteiger partial charge on any atom is -0.486 e. The first-order valence-electron chi connectivity index (χ1n) is 8.77. The van der Waals surface area contributed by atoms with Gasteiger partial charge < -0.3 is 15.2 Å². The smallest absolute Gasteiger partial charge is 0.338 e. The van der Waals surface area contributed by atoms with E-state index in [0.717, 1.165) is 29.9 Å². The van der Waals surface area contributed by atoms with Crippen molar-refractivity contribution < 1.29 is 23.8 Å². The van der Waals surface area contributed by atoms with E-state index >= 15 is 0 Å². The number of benzene rings is 2. The number of nitrogens with one attached hydrogen (secondary N) is 1. The zero-order valence-corrected chi connectivity index (χ0v) is 17.6. The number of rotatable bonds is 3. The van der Waals surface area contributed by atoms with Crippen molar-refractivity contribution in [1.29, 1.82) is 0 Å². The van der Waals surface area contributed by atoms with Crippen LogP contribution in [0.25, 0.3) is 0 Å². The molecule has 148 valence electrons. The quantitative estimate of drug-likeness (QED) is 0.659. The van der Waals surface area contributed by atoms with E-state index in [1.807, 2.05) is 19.9 Å². The number of anilines is 1. The summed E-state index contributed by atoms with van der Waals surface area (Å²) in [5.74, 6) is -2.12. The second-order valence-corrected chi connectivity index (χ2v) is 9.07. The number of halogens is 2. The van der Waals surface area contributed by atoms with E-state index in [9.17, 15) is 14.0 Å². The van der Waals surface area contributed by atoms with Crippen LogP contribution in [0.15, 0.2) is 34.8 Å². The predicted molar refractivity (Wildman–Crippen MR) is 108 cm³/mol. The summed E-state index contributed by atoms with van der Waals surface area (Å²) < 4.78 is 20.7. The lowest BCUT2D eigenvalue weighted by Gasteiger charge is -2.43. The maximum atomic E-state index is 13.9. The molecule has 0 spiro atoms. The van der Waals surface area contributed by atoms with Crippen LogP contribution in [0, 0.1) is 5.82 Å². The summed E-state index contributed by atoms with van der Waals surface area (Å²) >= 11 is 3.52. The van der Waals surface area contributed by atoms with Crippen molar-refractivity contribution in [1.82, 2.24) is 0 Å². The second-order valence-electron chi connectivity index (χ2n) is 8.21. The minimum absolute atomic E-state index is 0.0352. The van der Waals surface area contributed by atoms with Gasteiger partial charge in [-0.15, -0.1) is 0 Å². The third-order valence-electron chi connectivity index (χ3n) is 4.74. The Hall–Kier alpha value is -2.41. The van der Waals surface area contributed by atoms with Crippen molar-refractivity contribution in [3.05, 3.63) is 57.3 Å². The molecule has 28 heavy (non-hydrogen) atoms. The zero-order chi connectivity index (χ0) is 20.9. The van der Waals surface area contributed by atoms with Crippen LogP contribution >= 0.6 is 15.9 Å². The molecular weight excluding hydrogens is 429 g/mol. The highest BCUT2D eigenvalue weighted by Gasteiger charge is 2.40. The molecule has 0 fully saturated rings. The largest absolute Gasteiger partial charge is 0.486 e. The Morgan fingerprint density at radius 2 is 1.86 bits per heavy atom. The van der Waals surface area contributed by atoms with Gasteiger partial charge in [0.2, 0.25) is 0 Å². The Balaban J connectivity index is 1.92. The highest BCUT2D eigenvalue weighted by atomic mass is 79.9. The monoisotopic (exact) mass is 449 g/mol. The zero-order valence-electron chi connectivity index (χ0n) is 16.0. The van der Waals surface area contributed by atoms with E-state index in [1.165, 1.54) is 6.07 Å². The molecule has 3 rings (SSSR count). The summed E-state index contributed by atoms with van der Waals surface area (Å²) in [7, 11) is 0. The van der Waals surface area contributed by atoms with Gasteiger partial charge in [0.25, 0.3) is 5.91 Å². The van der Waals surface area contributed by atoms with Crippen molar-refractivity contribution in [3.8, 4) is 5.75 Å². The number of carbonyl (C=O) groups excluding carboxylic acids is 1. The van der Waals surface area contributed by atoms with Crippen LogP contribution in [-0.4, -0.2) is 22.6 Å². The van der Waals surface area contributed by atoms with Gasteiger partial charge in [-0.2, -0.15) is 0 Å². The molecule has 1 aliphatic rings. The lowest BCUT2D eigenvalue weighted by Crippen LogP contribution is -2.41. The minimum atomic E-state index is -1.38. The first-order valence-corrected chi connectivity index (χ1v) is 9.56. The van der Waals surface area contributed by atoms with Gasteiger partial charge in [0.1, 0.15) is 17.2 Å². The molecule has 2 N–H and O–H groups in total. The lowest BCUT2D eigenvalue weighted by atomic mass is 9.73. The molecule has 0 atom stereocenters. The summed E-state index contributed by atoms with van der Waals surface area (Å²) in [5.41, 5.74) is 0.573. The number of aromatic carboxylic acids is 1. The summed E-state index contributed by atoms with van der Waals surface area (Å²) in [6.45, 7) is 8.31. The lowest BCUT2D eigenvalue weighted by molar-refractivity contribution is 0.0524. The molecule has 0 saturated heterocycles. The Morgan fingerprint density at radius 1 is 1.18 bits per heavy atom. The van der Waals surface area contributed by atoms with Crippen molar-refractivity contribution >= 4 is 33.5 Å². The molecule has 0 saturated carbocycles. The van der Waals surface area contributed by atoms with Crippen LogP contribution in [0.2, 0.25) is 0 Å². The molecule has 2 aromatic carbocycles. The number of amides is 1. The Kier molecular flexibility index (Phi) is 5.00. The van der Waals surface area contributed by atoms with Crippen LogP contribution in [0.4, 0.5) is 10.1 Å². The molecule has 0 unspecified atom stereocenters. The predicted octanol–water partition coefficient (Wildman–Crippen LogP) is 5.38. The van der Waals surface area contributed by atoms with E-state index in [4.69, 9.17) is 9.84 Å². The summed E-state index contributed by atoms with van der Waals surface area (Å²) in [5, 5.41) is 11.6. The Bertz CT molecular complexity index is 985. The van der Waals surface area contributed by atoms with E-state index in [1.54, 1.807) is 6.07 Å². The number of carbonyl (C=O) groups is 2. The summed E-state index contributed by atoms with van der Waals surface area (Å²) in [6, 6.07) is 6.87. The topological polar surface area (TPSA) is 75.6 Å². The van der Waals surface area contributed by atoms with Gasteiger partial charge in [-0.1, -0.05) is 13.8 Å². The van der Waals surface area contributed by atoms with Crippen molar-refractivity contribution in [2.24, 2.45) is 0 Å². The van der Waals surface area contributed by atoms with E-state index in [-0.39, 0.29) is 16.6 Å². The van der Waals surface area contributed by atoms with Gasteiger partial charge in [-0.05, 0) is 71.9 Å². The first-order chi connectivity index (χ1) is 12.9. The number of carboxylic acid groups (broad SMARTS) is 1. The van der Waals surface area contributed by atoms with Gasteiger partial charge in [-0.3, -0.25) is 4.79 Å². The van der Waals surface area contributed by atoms with E-state index in [2.05, 4.69) is 35.1 Å². The second kappa shape index (κ2) is 6.88. The van der Waals surface area contributed by atoms with Gasteiger partial charge in [0.15, 0.2) is 0 Å². The van der Waals surface area contributed by atoms with Gasteiger partial charge in [0, 0.05) is 16.8 Å². The molecule has 2 aromatic rings. The van der Waals surface area contributed by atoms with Gasteiger partial charge >= 0.3 is 5.97 Å². The Morgan fingerprint density at radius 3 is 2.46 bits per heavy atom. The molecule has 0 aromatic heterocycles. The van der Waals surface area contributed by atoms with Crippen LogP contribution in [0.5, 0.6) is 5.75 Å². The third kappa shape index (κ3) is 3.90. The third-order valence-corrected chi connectivity index (χ3v) is 5.33. The van der Waals surface area contributed by atoms with Crippen molar-refractivity contribution in [2.75, 3.05) is 5.32 Å². The highest BCUT2D eigenvalue weighted by molar-refractivity contribution is 9.10. The van der Waals surface area contributed by atoms with Crippen LogP contribution in [0.1, 0.15) is 60.4 Å². The summed E-state index contributed by atoms with van der Waals surface area (Å²) in [6.07, 6.45) is 0.804. The highest BCUT2D eigenvalue weighted by Crippen LogP contribution is 2.48. The normalized spacial score (nSPS) is 16.6. The number of carboxylic acids is 1. The molecular formula is C21H21BrFNO4. The summed E-state index contributed by atoms with van der Waals surface area (Å²) in [4.78, 5) is 23.4. The molecule has 1 amide bonds. The molecule has 1 aliphatic heterocycles. The fourth-order valence-corrected chi connectivity index (χ4v) is 4.32. The maximum absolute atomic E-state index is 13.9. The molecule has 0 bridgehead atoms. The Labute approximate surface area is 171 Å².